The van der Waals surface area contributed by atoms with Crippen LogP contribution in [0.4, 0.5) is 5.69 Å². The third kappa shape index (κ3) is 4.77. The number of carbonyl (C=O) groups excluding carboxylic acids is 1. The first-order valence-electron chi connectivity index (χ1n) is 12.9. The van der Waals surface area contributed by atoms with E-state index in [9.17, 15) is 13.2 Å². The van der Waals surface area contributed by atoms with Gasteiger partial charge in [0.15, 0.2) is 11.5 Å². The number of hydrogen-bond donors (Lipinski definition) is 2. The zero-order valence-electron chi connectivity index (χ0n) is 21.2. The summed E-state index contributed by atoms with van der Waals surface area (Å²) in [5.74, 6) is 1.32. The summed E-state index contributed by atoms with van der Waals surface area (Å²) in [6, 6.07) is 18.3. The number of ether oxygens (including phenoxy) is 3. The molecule has 9 heteroatoms. The lowest BCUT2D eigenvalue weighted by Gasteiger charge is -2.17. The van der Waals surface area contributed by atoms with Gasteiger partial charge in [0.05, 0.1) is 16.4 Å². The first kappa shape index (κ1) is 24.9. The van der Waals surface area contributed by atoms with E-state index in [4.69, 9.17) is 14.2 Å². The minimum absolute atomic E-state index is 0.0510. The topological polar surface area (TPSA) is 103 Å². The number of anilines is 1. The van der Waals surface area contributed by atoms with Crippen LogP contribution in [0.25, 0.3) is 11.1 Å². The smallest absolute Gasteiger partial charge is 0.240 e. The Morgan fingerprint density at radius 2 is 1.79 bits per heavy atom. The van der Waals surface area contributed by atoms with Gasteiger partial charge in [0.2, 0.25) is 22.7 Å². The lowest BCUT2D eigenvalue weighted by Crippen LogP contribution is -2.31. The quantitative estimate of drug-likeness (QED) is 0.441. The first-order valence-corrected chi connectivity index (χ1v) is 14.4. The second-order valence-corrected chi connectivity index (χ2v) is 11.9. The average molecular weight is 535 g/mol. The van der Waals surface area contributed by atoms with Crippen molar-refractivity contribution in [2.24, 2.45) is 0 Å². The molecule has 1 saturated carbocycles. The third-order valence-corrected chi connectivity index (χ3v) is 9.05. The number of amides is 1. The van der Waals surface area contributed by atoms with E-state index in [2.05, 4.69) is 10.0 Å². The first-order chi connectivity index (χ1) is 18.3. The molecule has 2 N–H and O–H groups in total. The molecule has 38 heavy (non-hydrogen) atoms. The Bertz CT molecular complexity index is 1480. The van der Waals surface area contributed by atoms with Gasteiger partial charge in [-0.05, 0) is 91.3 Å². The van der Waals surface area contributed by atoms with Gasteiger partial charge in [-0.15, -0.1) is 0 Å². The van der Waals surface area contributed by atoms with Gasteiger partial charge < -0.3 is 19.5 Å². The summed E-state index contributed by atoms with van der Waals surface area (Å²) in [5.41, 5.74) is 3.86. The Morgan fingerprint density at radius 3 is 2.53 bits per heavy atom. The molecule has 0 unspecified atom stereocenters. The summed E-state index contributed by atoms with van der Waals surface area (Å²) < 4.78 is 44.5. The molecule has 3 aromatic rings. The maximum Gasteiger partial charge on any atom is 0.240 e. The lowest BCUT2D eigenvalue weighted by atomic mass is 9.94. The van der Waals surface area contributed by atoms with Crippen molar-refractivity contribution in [2.75, 3.05) is 25.3 Å². The van der Waals surface area contributed by atoms with Crippen molar-refractivity contribution in [3.05, 3.63) is 71.8 Å². The fraction of sp³-hybridized carbons (Fsp3) is 0.345. The van der Waals surface area contributed by atoms with Crippen LogP contribution in [0.2, 0.25) is 0 Å². The van der Waals surface area contributed by atoms with E-state index in [0.717, 1.165) is 47.9 Å². The van der Waals surface area contributed by atoms with Crippen LogP contribution in [0.15, 0.2) is 65.6 Å². The van der Waals surface area contributed by atoms with Gasteiger partial charge >= 0.3 is 0 Å². The van der Waals surface area contributed by atoms with Crippen LogP contribution < -0.4 is 19.5 Å². The largest absolute Gasteiger partial charge is 0.454 e. The average Bonchev–Trinajstić information content (AvgIpc) is 3.32. The van der Waals surface area contributed by atoms with E-state index in [1.165, 1.54) is 0 Å². The number of nitrogens with one attached hydrogen (secondary N) is 2. The minimum Gasteiger partial charge on any atom is -0.454 e. The predicted octanol–water partition coefficient (Wildman–Crippen LogP) is 4.52. The molecule has 1 amide bonds. The minimum atomic E-state index is -3.62. The summed E-state index contributed by atoms with van der Waals surface area (Å²) in [7, 11) is -3.62. The molecule has 3 aliphatic rings. The second-order valence-electron chi connectivity index (χ2n) is 10.1. The number of benzene rings is 3. The Hall–Kier alpha value is -3.40. The van der Waals surface area contributed by atoms with E-state index in [1.807, 2.05) is 43.3 Å². The van der Waals surface area contributed by atoms with Crippen molar-refractivity contribution in [1.29, 1.82) is 0 Å². The molecule has 1 atom stereocenters. The molecule has 8 nitrogen and oxygen atoms in total. The zero-order valence-corrected chi connectivity index (χ0v) is 22.0. The van der Waals surface area contributed by atoms with Crippen LogP contribution in [0, 0.1) is 6.92 Å². The molecule has 2 heterocycles. The van der Waals surface area contributed by atoms with E-state index in [1.54, 1.807) is 24.3 Å². The van der Waals surface area contributed by atoms with Crippen molar-refractivity contribution in [3.8, 4) is 22.6 Å². The number of carbonyl (C=O) groups is 1. The van der Waals surface area contributed by atoms with Crippen molar-refractivity contribution in [3.63, 3.8) is 0 Å². The molecule has 2 aliphatic heterocycles. The Morgan fingerprint density at radius 1 is 1.00 bits per heavy atom. The highest BCUT2D eigenvalue weighted by Crippen LogP contribution is 2.51. The molecule has 2 fully saturated rings. The van der Waals surface area contributed by atoms with E-state index >= 15 is 0 Å². The Labute approximate surface area is 222 Å². The normalized spacial score (nSPS) is 19.3. The number of fused-ring (bicyclic) bond motifs is 1. The Balaban J connectivity index is 1.17. The summed E-state index contributed by atoms with van der Waals surface area (Å²) in [6.07, 6.45) is 3.30. The monoisotopic (exact) mass is 534 g/mol. The van der Waals surface area contributed by atoms with Gasteiger partial charge in [-0.25, -0.2) is 13.1 Å². The van der Waals surface area contributed by atoms with Gasteiger partial charge in [0.1, 0.15) is 0 Å². The van der Waals surface area contributed by atoms with Crippen LogP contribution in [-0.4, -0.2) is 40.4 Å². The molecule has 198 valence electrons. The highest BCUT2D eigenvalue weighted by Gasteiger charge is 2.51. The van der Waals surface area contributed by atoms with Gasteiger partial charge in [0.25, 0.3) is 0 Å². The van der Waals surface area contributed by atoms with Gasteiger partial charge in [-0.1, -0.05) is 24.3 Å². The second kappa shape index (κ2) is 9.72. The van der Waals surface area contributed by atoms with Crippen LogP contribution in [0.1, 0.15) is 36.8 Å². The molecule has 1 saturated heterocycles. The molecular formula is C29H30N2O6S. The molecule has 0 aromatic heterocycles. The zero-order chi connectivity index (χ0) is 26.3. The molecule has 0 spiro atoms. The summed E-state index contributed by atoms with van der Waals surface area (Å²) >= 11 is 0. The third-order valence-electron chi connectivity index (χ3n) is 7.61. The number of aryl methyl sites for hydroxylation is 1. The van der Waals surface area contributed by atoms with Crippen LogP contribution >= 0.6 is 0 Å². The maximum atomic E-state index is 13.4. The van der Waals surface area contributed by atoms with Crippen molar-refractivity contribution in [2.45, 2.75) is 49.0 Å². The SMILES string of the molecule is Cc1ccc(NC(=O)C2(c3ccc4c(c3)OCO4)CC2)cc1-c1ccc(S(=O)(=O)NC[C@@H]2CCCO2)cc1. The van der Waals surface area contributed by atoms with Crippen LogP contribution in [0.5, 0.6) is 11.5 Å². The fourth-order valence-electron chi connectivity index (χ4n) is 5.13. The molecule has 0 radical (unpaired) electrons. The number of sulfonamides is 1. The highest BCUT2D eigenvalue weighted by atomic mass is 32.2. The van der Waals surface area contributed by atoms with E-state index < -0.39 is 15.4 Å². The fourth-order valence-corrected chi connectivity index (χ4v) is 6.20. The molecular weight excluding hydrogens is 504 g/mol. The number of rotatable bonds is 8. The molecule has 3 aromatic carbocycles. The molecule has 6 rings (SSSR count). The molecule has 0 bridgehead atoms. The Kier molecular flexibility index (Phi) is 6.37. The van der Waals surface area contributed by atoms with Crippen molar-refractivity contribution >= 4 is 21.6 Å². The predicted molar refractivity (Wildman–Crippen MR) is 143 cm³/mol. The summed E-state index contributed by atoms with van der Waals surface area (Å²) in [6.45, 7) is 3.14. The standard InChI is InChI=1S/C29H30N2O6S/c1-19-4-8-22(31-28(32)29(12-13-29)21-7-11-26-27(15-21)37-18-36-26)16-25(19)20-5-9-24(10-6-20)38(33,34)30-17-23-3-2-14-35-23/h4-11,15-16,23,30H,2-3,12-14,17-18H2,1H3,(H,31,32)/t23-/m0/s1. The summed E-state index contributed by atoms with van der Waals surface area (Å²) in [5, 5.41) is 3.10. The van der Waals surface area contributed by atoms with Crippen molar-refractivity contribution < 1.29 is 27.4 Å². The highest BCUT2D eigenvalue weighted by molar-refractivity contribution is 7.89. The van der Waals surface area contributed by atoms with Gasteiger partial charge in [-0.3, -0.25) is 4.79 Å². The number of hydrogen-bond acceptors (Lipinski definition) is 6. The summed E-state index contributed by atoms with van der Waals surface area (Å²) in [4.78, 5) is 13.6. The molecule has 1 aliphatic carbocycles. The van der Waals surface area contributed by atoms with Gasteiger partial charge in [-0.2, -0.15) is 0 Å². The lowest BCUT2D eigenvalue weighted by molar-refractivity contribution is -0.118. The van der Waals surface area contributed by atoms with E-state index in [0.29, 0.717) is 23.8 Å². The van der Waals surface area contributed by atoms with Crippen molar-refractivity contribution in [1.82, 2.24) is 4.72 Å². The van der Waals surface area contributed by atoms with Crippen LogP contribution in [-0.2, 0) is 25.0 Å². The van der Waals surface area contributed by atoms with E-state index in [-0.39, 0.29) is 30.2 Å². The van der Waals surface area contributed by atoms with Gasteiger partial charge in [0, 0.05) is 18.8 Å². The maximum absolute atomic E-state index is 13.4. The van der Waals surface area contributed by atoms with Crippen LogP contribution in [0.3, 0.4) is 0 Å².